The van der Waals surface area contributed by atoms with Crippen molar-refractivity contribution >= 4 is 5.97 Å². The number of hydrogen-bond acceptors (Lipinski definition) is 3. The van der Waals surface area contributed by atoms with E-state index in [1.165, 1.54) is 0 Å². The third-order valence-corrected chi connectivity index (χ3v) is 1.41. The molecule has 4 N–H and O–H groups in total. The molecule has 5 nitrogen and oxygen atoms in total. The molecule has 5 heteroatoms. The fraction of sp³-hybridized carbons (Fsp3) is 0.500. The van der Waals surface area contributed by atoms with Gasteiger partial charge in [0.25, 0.3) is 0 Å². The van der Waals surface area contributed by atoms with Gasteiger partial charge in [-0.15, -0.1) is 0 Å². The molecule has 0 saturated carbocycles. The summed E-state index contributed by atoms with van der Waals surface area (Å²) in [4.78, 5) is 16.4. The third-order valence-electron chi connectivity index (χ3n) is 1.41. The minimum atomic E-state index is -0.931. The van der Waals surface area contributed by atoms with Gasteiger partial charge in [-0.2, -0.15) is 0 Å². The van der Waals surface area contributed by atoms with Crippen LogP contribution >= 0.6 is 0 Å². The molecule has 13 heavy (non-hydrogen) atoms. The molecule has 1 aromatic rings. The van der Waals surface area contributed by atoms with E-state index in [1.54, 1.807) is 32.6 Å². The molecular weight excluding hydrogens is 170 g/mol. The number of nitrogens with zero attached hydrogens (tertiary/aromatic N) is 1. The number of carboxylic acids is 1. The number of nitrogens with one attached hydrogen (secondary N) is 1. The van der Waals surface area contributed by atoms with E-state index < -0.39 is 12.0 Å². The van der Waals surface area contributed by atoms with E-state index >= 15 is 0 Å². The van der Waals surface area contributed by atoms with Gasteiger partial charge in [-0.3, -0.25) is 4.79 Å². The lowest BCUT2D eigenvalue weighted by Crippen LogP contribution is -2.34. The Bertz CT molecular complexity index is 204. The van der Waals surface area contributed by atoms with E-state index in [9.17, 15) is 4.79 Å². The maximum absolute atomic E-state index is 10.0. The van der Waals surface area contributed by atoms with Crippen molar-refractivity contribution < 1.29 is 9.90 Å². The fourth-order valence-electron chi connectivity index (χ4n) is 0.500. The van der Waals surface area contributed by atoms with Crippen LogP contribution in [0.5, 0.6) is 0 Å². The molecule has 1 rings (SSSR count). The highest BCUT2D eigenvalue weighted by Gasteiger charge is 2.14. The van der Waals surface area contributed by atoms with Crippen molar-refractivity contribution in [2.45, 2.75) is 19.9 Å². The van der Waals surface area contributed by atoms with Crippen molar-refractivity contribution in [1.29, 1.82) is 0 Å². The molecule has 1 aromatic heterocycles. The monoisotopic (exact) mass is 185 g/mol. The Kier molecular flexibility index (Phi) is 5.54. The number of aromatic nitrogens is 2. The van der Waals surface area contributed by atoms with Gasteiger partial charge in [-0.25, -0.2) is 4.98 Å². The maximum Gasteiger partial charge on any atom is 0.320 e. The van der Waals surface area contributed by atoms with Crippen LogP contribution in [0.25, 0.3) is 0 Å². The first-order valence-electron chi connectivity index (χ1n) is 3.96. The Balaban J connectivity index is 0.000000243. The Morgan fingerprint density at radius 2 is 2.23 bits per heavy atom. The van der Waals surface area contributed by atoms with Gasteiger partial charge >= 0.3 is 5.97 Å². The minimum absolute atomic E-state index is 0.0208. The van der Waals surface area contributed by atoms with Crippen molar-refractivity contribution in [2.75, 3.05) is 0 Å². The minimum Gasteiger partial charge on any atom is -0.480 e. The Morgan fingerprint density at radius 1 is 1.62 bits per heavy atom. The molecule has 0 spiro atoms. The van der Waals surface area contributed by atoms with Crippen molar-refractivity contribution in [3.8, 4) is 0 Å². The zero-order valence-corrected chi connectivity index (χ0v) is 7.77. The summed E-state index contributed by atoms with van der Waals surface area (Å²) in [6, 6.07) is -0.713. The quantitative estimate of drug-likeness (QED) is 0.624. The highest BCUT2D eigenvalue weighted by atomic mass is 16.4. The van der Waals surface area contributed by atoms with Gasteiger partial charge in [0.1, 0.15) is 6.04 Å². The summed E-state index contributed by atoms with van der Waals surface area (Å²) in [6.07, 6.45) is 5.08. The van der Waals surface area contributed by atoms with E-state index in [2.05, 4.69) is 9.97 Å². The first-order valence-corrected chi connectivity index (χ1v) is 3.96. The molecule has 0 aromatic carbocycles. The number of nitrogens with two attached hydrogens (primary N) is 1. The van der Waals surface area contributed by atoms with Crippen LogP contribution < -0.4 is 5.73 Å². The summed E-state index contributed by atoms with van der Waals surface area (Å²) in [5.74, 6) is -0.910. The smallest absolute Gasteiger partial charge is 0.320 e. The number of carboxylic acid groups (broad SMARTS) is 1. The number of aromatic amines is 1. The second kappa shape index (κ2) is 6.19. The highest BCUT2D eigenvalue weighted by molar-refractivity contribution is 5.73. The first-order chi connectivity index (χ1) is 6.05. The standard InChI is InChI=1S/C5H11NO2.C3H4N2/c1-3(2)4(6)5(7)8;1-2-5-3-4-1/h3-4H,6H2,1-2H3,(H,7,8);1-3H,(H,4,5)/t4-;/m0./s1. The van der Waals surface area contributed by atoms with Crippen molar-refractivity contribution in [3.05, 3.63) is 18.7 Å². The van der Waals surface area contributed by atoms with Crippen molar-refractivity contribution in [1.82, 2.24) is 9.97 Å². The number of rotatable bonds is 2. The second-order valence-corrected chi connectivity index (χ2v) is 2.87. The number of aliphatic carboxylic acids is 1. The van der Waals surface area contributed by atoms with Gasteiger partial charge < -0.3 is 15.8 Å². The molecule has 74 valence electrons. The van der Waals surface area contributed by atoms with Crippen LogP contribution in [0.15, 0.2) is 18.7 Å². The topological polar surface area (TPSA) is 92.0 Å². The van der Waals surface area contributed by atoms with Gasteiger partial charge in [0.2, 0.25) is 0 Å². The molecule has 0 aliphatic carbocycles. The molecule has 0 fully saturated rings. The molecule has 1 atom stereocenters. The molecule has 0 aliphatic rings. The SMILES string of the molecule is CC(C)[C@H](N)C(=O)O.c1c[nH]cn1. The van der Waals surface area contributed by atoms with Crippen LogP contribution in [-0.4, -0.2) is 27.1 Å². The lowest BCUT2D eigenvalue weighted by atomic mass is 10.1. The first kappa shape index (κ1) is 11.6. The Morgan fingerprint density at radius 3 is 2.31 bits per heavy atom. The largest absolute Gasteiger partial charge is 0.480 e. The Labute approximate surface area is 77.0 Å². The molecule has 0 radical (unpaired) electrons. The number of H-pyrrole nitrogens is 1. The van der Waals surface area contributed by atoms with Crippen LogP contribution in [0.2, 0.25) is 0 Å². The van der Waals surface area contributed by atoms with E-state index in [-0.39, 0.29) is 5.92 Å². The summed E-state index contributed by atoms with van der Waals surface area (Å²) in [6.45, 7) is 3.55. The zero-order valence-electron chi connectivity index (χ0n) is 7.77. The summed E-state index contributed by atoms with van der Waals surface area (Å²) >= 11 is 0. The van der Waals surface area contributed by atoms with E-state index in [4.69, 9.17) is 10.8 Å². The molecule has 0 unspecified atom stereocenters. The van der Waals surface area contributed by atoms with Crippen molar-refractivity contribution in [2.24, 2.45) is 11.7 Å². The van der Waals surface area contributed by atoms with Gasteiger partial charge in [-0.1, -0.05) is 13.8 Å². The van der Waals surface area contributed by atoms with Gasteiger partial charge in [0.15, 0.2) is 0 Å². The summed E-state index contributed by atoms with van der Waals surface area (Å²) in [5, 5.41) is 8.23. The van der Waals surface area contributed by atoms with Crippen LogP contribution in [0.3, 0.4) is 0 Å². The van der Waals surface area contributed by atoms with Gasteiger partial charge in [0.05, 0.1) is 6.33 Å². The van der Waals surface area contributed by atoms with Crippen LogP contribution in [-0.2, 0) is 4.79 Å². The molecule has 0 aliphatic heterocycles. The van der Waals surface area contributed by atoms with E-state index in [0.29, 0.717) is 0 Å². The van der Waals surface area contributed by atoms with Gasteiger partial charge in [0, 0.05) is 12.4 Å². The van der Waals surface area contributed by atoms with E-state index in [0.717, 1.165) is 0 Å². The van der Waals surface area contributed by atoms with E-state index in [1.807, 2.05) is 0 Å². The summed E-state index contributed by atoms with van der Waals surface area (Å²) in [5.41, 5.74) is 5.16. The zero-order chi connectivity index (χ0) is 10.3. The lowest BCUT2D eigenvalue weighted by molar-refractivity contribution is -0.139. The molecule has 0 saturated heterocycles. The predicted molar refractivity (Wildman–Crippen MR) is 49.0 cm³/mol. The Hall–Kier alpha value is -1.36. The average Bonchev–Trinajstić information content (AvgIpc) is 2.59. The van der Waals surface area contributed by atoms with Crippen molar-refractivity contribution in [3.63, 3.8) is 0 Å². The highest BCUT2D eigenvalue weighted by Crippen LogP contribution is 1.96. The second-order valence-electron chi connectivity index (χ2n) is 2.87. The number of imidazole rings is 1. The number of hydrogen-bond donors (Lipinski definition) is 3. The molecule has 0 bridgehead atoms. The van der Waals surface area contributed by atoms with Gasteiger partial charge in [-0.05, 0) is 5.92 Å². The average molecular weight is 185 g/mol. The maximum atomic E-state index is 10.0. The molecule has 1 heterocycles. The normalized spacial score (nSPS) is 11.7. The lowest BCUT2D eigenvalue weighted by Gasteiger charge is -2.07. The molecule has 0 amide bonds. The van der Waals surface area contributed by atoms with Crippen LogP contribution in [0, 0.1) is 5.92 Å². The summed E-state index contributed by atoms with van der Waals surface area (Å²) < 4.78 is 0. The predicted octanol–water partition coefficient (Wildman–Crippen LogP) is 0.464. The van der Waals surface area contributed by atoms with Crippen LogP contribution in [0.1, 0.15) is 13.8 Å². The molecular formula is C8H15N3O2. The number of carbonyl (C=O) groups is 1. The fourth-order valence-corrected chi connectivity index (χ4v) is 0.500. The third kappa shape index (κ3) is 5.86. The van der Waals surface area contributed by atoms with Crippen LogP contribution in [0.4, 0.5) is 0 Å². The summed E-state index contributed by atoms with van der Waals surface area (Å²) in [7, 11) is 0.